The van der Waals surface area contributed by atoms with Crippen molar-refractivity contribution >= 4 is 12.0 Å². The Kier molecular flexibility index (Phi) is 4.92. The molecule has 1 fully saturated rings. The molecule has 1 saturated heterocycles. The zero-order valence-electron chi connectivity index (χ0n) is 11.5. The lowest BCUT2D eigenvalue weighted by Gasteiger charge is -2.32. The number of carbonyl (C=O) groups is 2. The van der Waals surface area contributed by atoms with Crippen LogP contribution >= 0.6 is 0 Å². The summed E-state index contributed by atoms with van der Waals surface area (Å²) >= 11 is 0. The lowest BCUT2D eigenvalue weighted by Crippen LogP contribution is -2.46. The van der Waals surface area contributed by atoms with Crippen molar-refractivity contribution in [2.24, 2.45) is 0 Å². The normalized spacial score (nSPS) is 15.8. The number of carbonyl (C=O) groups excluding carboxylic acids is 2. The Morgan fingerprint density at radius 2 is 2.20 bits per heavy atom. The minimum atomic E-state index is -0.385. The van der Waals surface area contributed by atoms with E-state index in [1.807, 2.05) is 0 Å². The van der Waals surface area contributed by atoms with Crippen molar-refractivity contribution in [2.75, 3.05) is 19.7 Å². The summed E-state index contributed by atoms with van der Waals surface area (Å²) in [6, 6.07) is 3.59. The topological polar surface area (TPSA) is 71.5 Å². The standard InChI is InChI=1S/C14H19N3O3/c1-2-20-14(19)16-12-5-8-17(9-6-12)13(18)11-4-3-7-15-10-11/h3-4,7,10,12H,2,5-6,8-9H2,1H3,(H,16,19). The number of likely N-dealkylation sites (tertiary alicyclic amines) is 1. The number of piperidine rings is 1. The minimum absolute atomic E-state index is 0.00677. The maximum Gasteiger partial charge on any atom is 0.407 e. The SMILES string of the molecule is CCOC(=O)NC1CCN(C(=O)c2cccnc2)CC1. The molecule has 1 aliphatic rings. The number of nitrogens with one attached hydrogen (secondary N) is 1. The third-order valence-corrected chi connectivity index (χ3v) is 3.29. The van der Waals surface area contributed by atoms with Gasteiger partial charge in [-0.1, -0.05) is 0 Å². The minimum Gasteiger partial charge on any atom is -0.450 e. The van der Waals surface area contributed by atoms with Crippen LogP contribution in [0.3, 0.4) is 0 Å². The van der Waals surface area contributed by atoms with E-state index in [-0.39, 0.29) is 18.0 Å². The first-order chi connectivity index (χ1) is 9.70. The van der Waals surface area contributed by atoms with Crippen LogP contribution in [0.2, 0.25) is 0 Å². The van der Waals surface area contributed by atoms with Crippen molar-refractivity contribution in [3.63, 3.8) is 0 Å². The molecular formula is C14H19N3O3. The maximum atomic E-state index is 12.2. The largest absolute Gasteiger partial charge is 0.450 e. The molecule has 6 heteroatoms. The van der Waals surface area contributed by atoms with E-state index in [1.54, 1.807) is 36.4 Å². The lowest BCUT2D eigenvalue weighted by molar-refractivity contribution is 0.0702. The second kappa shape index (κ2) is 6.88. The Bertz CT molecular complexity index is 456. The number of aromatic nitrogens is 1. The Hall–Kier alpha value is -2.11. The highest BCUT2D eigenvalue weighted by atomic mass is 16.5. The smallest absolute Gasteiger partial charge is 0.407 e. The van der Waals surface area contributed by atoms with Crippen LogP contribution in [0.5, 0.6) is 0 Å². The summed E-state index contributed by atoms with van der Waals surface area (Å²) < 4.78 is 4.85. The highest BCUT2D eigenvalue weighted by Crippen LogP contribution is 2.13. The van der Waals surface area contributed by atoms with Crippen LogP contribution in [0.25, 0.3) is 0 Å². The summed E-state index contributed by atoms with van der Waals surface area (Å²) in [5, 5.41) is 2.81. The predicted molar refractivity (Wildman–Crippen MR) is 73.3 cm³/mol. The van der Waals surface area contributed by atoms with Gasteiger partial charge in [-0.3, -0.25) is 9.78 Å². The third kappa shape index (κ3) is 3.69. The van der Waals surface area contributed by atoms with Crippen LogP contribution in [0, 0.1) is 0 Å². The van der Waals surface area contributed by atoms with Gasteiger partial charge in [0.25, 0.3) is 5.91 Å². The second-order valence-electron chi connectivity index (χ2n) is 4.67. The molecule has 1 N–H and O–H groups in total. The first-order valence-electron chi connectivity index (χ1n) is 6.83. The van der Waals surface area contributed by atoms with E-state index < -0.39 is 0 Å². The number of amides is 2. The van der Waals surface area contributed by atoms with E-state index in [9.17, 15) is 9.59 Å². The van der Waals surface area contributed by atoms with Gasteiger partial charge in [-0.15, -0.1) is 0 Å². The Morgan fingerprint density at radius 1 is 1.45 bits per heavy atom. The number of alkyl carbamates (subject to hydrolysis) is 1. The van der Waals surface area contributed by atoms with Crippen molar-refractivity contribution in [3.05, 3.63) is 30.1 Å². The van der Waals surface area contributed by atoms with Crippen LogP contribution in [0.1, 0.15) is 30.1 Å². The van der Waals surface area contributed by atoms with Crippen LogP contribution in [0.4, 0.5) is 4.79 Å². The molecule has 0 bridgehead atoms. The zero-order valence-corrected chi connectivity index (χ0v) is 11.5. The Labute approximate surface area is 118 Å². The molecule has 20 heavy (non-hydrogen) atoms. The number of ether oxygens (including phenoxy) is 1. The molecule has 108 valence electrons. The average molecular weight is 277 g/mol. The van der Waals surface area contributed by atoms with Crippen molar-refractivity contribution < 1.29 is 14.3 Å². The molecule has 0 atom stereocenters. The molecule has 0 unspecified atom stereocenters. The van der Waals surface area contributed by atoms with E-state index in [2.05, 4.69) is 10.3 Å². The zero-order chi connectivity index (χ0) is 14.4. The van der Waals surface area contributed by atoms with Gasteiger partial charge < -0.3 is 15.0 Å². The van der Waals surface area contributed by atoms with Crippen LogP contribution in [0.15, 0.2) is 24.5 Å². The van der Waals surface area contributed by atoms with Crippen LogP contribution < -0.4 is 5.32 Å². The molecule has 0 aliphatic carbocycles. The first-order valence-corrected chi connectivity index (χ1v) is 6.83. The molecule has 2 amide bonds. The van der Waals surface area contributed by atoms with Gasteiger partial charge in [0.2, 0.25) is 0 Å². The fraction of sp³-hybridized carbons (Fsp3) is 0.500. The molecule has 0 spiro atoms. The van der Waals surface area contributed by atoms with E-state index in [0.717, 1.165) is 12.8 Å². The monoisotopic (exact) mass is 277 g/mol. The Balaban J connectivity index is 1.82. The molecular weight excluding hydrogens is 258 g/mol. The molecule has 1 aliphatic heterocycles. The number of nitrogens with zero attached hydrogens (tertiary/aromatic N) is 2. The fourth-order valence-corrected chi connectivity index (χ4v) is 2.24. The average Bonchev–Trinajstić information content (AvgIpc) is 2.48. The first kappa shape index (κ1) is 14.3. The van der Waals surface area contributed by atoms with E-state index in [1.165, 1.54) is 0 Å². The third-order valence-electron chi connectivity index (χ3n) is 3.29. The van der Waals surface area contributed by atoms with E-state index in [4.69, 9.17) is 4.74 Å². The van der Waals surface area contributed by atoms with Gasteiger partial charge >= 0.3 is 6.09 Å². The van der Waals surface area contributed by atoms with Gasteiger partial charge in [-0.25, -0.2) is 4.79 Å². The van der Waals surface area contributed by atoms with Crippen molar-refractivity contribution in [3.8, 4) is 0 Å². The number of pyridine rings is 1. The van der Waals surface area contributed by atoms with Crippen molar-refractivity contribution in [2.45, 2.75) is 25.8 Å². The highest BCUT2D eigenvalue weighted by Gasteiger charge is 2.24. The second-order valence-corrected chi connectivity index (χ2v) is 4.67. The van der Waals surface area contributed by atoms with Crippen molar-refractivity contribution in [1.29, 1.82) is 0 Å². The summed E-state index contributed by atoms with van der Waals surface area (Å²) in [5.74, 6) is -0.00677. The molecule has 0 aromatic carbocycles. The van der Waals surface area contributed by atoms with Gasteiger partial charge in [-0.05, 0) is 31.9 Å². The van der Waals surface area contributed by atoms with Gasteiger partial charge in [-0.2, -0.15) is 0 Å². The Morgan fingerprint density at radius 3 is 2.80 bits per heavy atom. The molecule has 2 rings (SSSR count). The van der Waals surface area contributed by atoms with Gasteiger partial charge in [0, 0.05) is 31.5 Å². The number of hydrogen-bond donors (Lipinski definition) is 1. The molecule has 6 nitrogen and oxygen atoms in total. The summed E-state index contributed by atoms with van der Waals surface area (Å²) in [7, 11) is 0. The van der Waals surface area contributed by atoms with Crippen molar-refractivity contribution in [1.82, 2.24) is 15.2 Å². The van der Waals surface area contributed by atoms with E-state index in [0.29, 0.717) is 25.3 Å². The van der Waals surface area contributed by atoms with Gasteiger partial charge in [0.1, 0.15) is 0 Å². The maximum absolute atomic E-state index is 12.2. The predicted octanol–water partition coefficient (Wildman–Crippen LogP) is 1.43. The molecule has 0 saturated carbocycles. The summed E-state index contributed by atoms with van der Waals surface area (Å²) in [6.45, 7) is 3.40. The van der Waals surface area contributed by atoms with Gasteiger partial charge in [0.15, 0.2) is 0 Å². The highest BCUT2D eigenvalue weighted by molar-refractivity contribution is 5.93. The molecule has 1 aromatic heterocycles. The molecule has 0 radical (unpaired) electrons. The summed E-state index contributed by atoms with van der Waals surface area (Å²) in [5.41, 5.74) is 0.601. The number of hydrogen-bond acceptors (Lipinski definition) is 4. The van der Waals surface area contributed by atoms with E-state index >= 15 is 0 Å². The number of rotatable bonds is 3. The fourth-order valence-electron chi connectivity index (χ4n) is 2.24. The van der Waals surface area contributed by atoms with Gasteiger partial charge in [0.05, 0.1) is 12.2 Å². The molecule has 2 heterocycles. The molecule has 1 aromatic rings. The summed E-state index contributed by atoms with van der Waals surface area (Å²) in [4.78, 5) is 29.3. The van der Waals surface area contributed by atoms with Crippen LogP contribution in [-0.4, -0.2) is 47.6 Å². The summed E-state index contributed by atoms with van der Waals surface area (Å²) in [6.07, 6.45) is 4.32. The lowest BCUT2D eigenvalue weighted by atomic mass is 10.0. The quantitative estimate of drug-likeness (QED) is 0.907. The van der Waals surface area contributed by atoms with Crippen LogP contribution in [-0.2, 0) is 4.74 Å².